The molecule has 0 radical (unpaired) electrons. The third-order valence-corrected chi connectivity index (χ3v) is 5.93. The van der Waals surface area contributed by atoms with E-state index in [4.69, 9.17) is 9.90 Å². The molecule has 1 aromatic carbocycles. The van der Waals surface area contributed by atoms with Crippen molar-refractivity contribution in [3.05, 3.63) is 59.9 Å². The Hall–Kier alpha value is -4.33. The summed E-state index contributed by atoms with van der Waals surface area (Å²) >= 11 is 0. The summed E-state index contributed by atoms with van der Waals surface area (Å²) in [5.41, 5.74) is 3.18. The molecule has 5 rings (SSSR count). The highest BCUT2D eigenvalue weighted by Crippen LogP contribution is 2.30. The maximum atomic E-state index is 14.4. The van der Waals surface area contributed by atoms with Gasteiger partial charge in [0.2, 0.25) is 0 Å². The van der Waals surface area contributed by atoms with Crippen LogP contribution in [-0.2, 0) is 4.79 Å². The number of carbonyl (C=O) groups excluding carboxylic acids is 1. The van der Waals surface area contributed by atoms with E-state index in [2.05, 4.69) is 44.6 Å². The summed E-state index contributed by atoms with van der Waals surface area (Å²) in [6.07, 6.45) is -0.103. The number of aliphatic carboxylic acids is 1. The number of alkyl halides is 3. The molecule has 4 aromatic rings. The third-order valence-electron chi connectivity index (χ3n) is 5.93. The summed E-state index contributed by atoms with van der Waals surface area (Å²) in [5.74, 6) is -3.63. The van der Waals surface area contributed by atoms with Gasteiger partial charge in [0.05, 0.1) is 23.1 Å². The van der Waals surface area contributed by atoms with E-state index in [0.29, 0.717) is 34.5 Å². The number of rotatable bonds is 3. The van der Waals surface area contributed by atoms with Crippen molar-refractivity contribution < 1.29 is 32.3 Å². The summed E-state index contributed by atoms with van der Waals surface area (Å²) in [5, 5.41) is 22.6. The molecule has 10 nitrogen and oxygen atoms in total. The van der Waals surface area contributed by atoms with Gasteiger partial charge >= 0.3 is 12.1 Å². The van der Waals surface area contributed by atoms with E-state index in [-0.39, 0.29) is 11.6 Å². The number of anilines is 2. The Labute approximate surface area is 219 Å². The van der Waals surface area contributed by atoms with Gasteiger partial charge in [-0.2, -0.15) is 18.3 Å². The molecule has 1 saturated heterocycles. The van der Waals surface area contributed by atoms with E-state index in [1.54, 1.807) is 36.0 Å². The van der Waals surface area contributed by atoms with Crippen LogP contribution in [0.5, 0.6) is 0 Å². The molecule has 3 N–H and O–H groups in total. The second-order valence-corrected chi connectivity index (χ2v) is 9.25. The molecule has 1 aliphatic heterocycles. The van der Waals surface area contributed by atoms with Crippen LogP contribution in [-0.4, -0.2) is 67.9 Å². The molecule has 206 valence electrons. The van der Waals surface area contributed by atoms with E-state index in [1.807, 2.05) is 12.1 Å². The molecule has 14 heteroatoms. The number of aromatic nitrogens is 4. The number of benzene rings is 1. The number of carboxylic acids is 1. The van der Waals surface area contributed by atoms with Crippen LogP contribution in [0.15, 0.2) is 42.9 Å². The minimum atomic E-state index is -5.08. The van der Waals surface area contributed by atoms with Gasteiger partial charge in [-0.3, -0.25) is 4.79 Å². The fourth-order valence-corrected chi connectivity index (χ4v) is 4.50. The maximum absolute atomic E-state index is 14.4. The second-order valence-electron chi connectivity index (χ2n) is 9.25. The predicted molar refractivity (Wildman–Crippen MR) is 135 cm³/mol. The monoisotopic (exact) mass is 547 g/mol. The Bertz CT molecular complexity index is 1530. The molecule has 2 atom stereocenters. The molecule has 4 heterocycles. The van der Waals surface area contributed by atoms with Crippen molar-refractivity contribution in [1.82, 2.24) is 24.9 Å². The number of imidazole rings is 1. The second kappa shape index (κ2) is 10.8. The normalized spacial score (nSPS) is 17.6. The zero-order valence-electron chi connectivity index (χ0n) is 21.1. The highest BCUT2D eigenvalue weighted by molar-refractivity contribution is 6.13. The van der Waals surface area contributed by atoms with Crippen molar-refractivity contribution in [2.45, 2.75) is 39.0 Å². The summed E-state index contributed by atoms with van der Waals surface area (Å²) in [7, 11) is 0. The predicted octanol–water partition coefficient (Wildman–Crippen LogP) is 3.80. The van der Waals surface area contributed by atoms with Gasteiger partial charge in [0.15, 0.2) is 11.5 Å². The van der Waals surface area contributed by atoms with Crippen LogP contribution in [0, 0.1) is 12.7 Å². The third kappa shape index (κ3) is 6.22. The lowest BCUT2D eigenvalue weighted by Gasteiger charge is -2.38. The van der Waals surface area contributed by atoms with E-state index >= 15 is 0 Å². The zero-order valence-corrected chi connectivity index (χ0v) is 21.1. The van der Waals surface area contributed by atoms with Crippen LogP contribution in [0.4, 0.5) is 28.9 Å². The highest BCUT2D eigenvalue weighted by atomic mass is 19.4. The summed E-state index contributed by atoms with van der Waals surface area (Å²) < 4.78 is 47.7. The number of piperazine rings is 1. The van der Waals surface area contributed by atoms with Gasteiger partial charge in [0.25, 0.3) is 5.91 Å². The lowest BCUT2D eigenvalue weighted by Crippen LogP contribution is -2.54. The van der Waals surface area contributed by atoms with Crippen LogP contribution in [0.1, 0.15) is 29.9 Å². The molecule has 0 spiro atoms. The van der Waals surface area contributed by atoms with Crippen molar-refractivity contribution >= 4 is 39.8 Å². The van der Waals surface area contributed by atoms with Crippen LogP contribution in [0.2, 0.25) is 0 Å². The van der Waals surface area contributed by atoms with Gasteiger partial charge in [-0.1, -0.05) is 0 Å². The molecule has 1 aliphatic rings. The first kappa shape index (κ1) is 27.7. The van der Waals surface area contributed by atoms with Crippen LogP contribution >= 0.6 is 0 Å². The zero-order chi connectivity index (χ0) is 28.5. The quantitative estimate of drug-likeness (QED) is 0.331. The number of amides is 1. The number of fused-ring (bicyclic) bond motifs is 2. The Kier molecular flexibility index (Phi) is 7.67. The van der Waals surface area contributed by atoms with Crippen molar-refractivity contribution in [3.63, 3.8) is 0 Å². The lowest BCUT2D eigenvalue weighted by atomic mass is 10.0. The van der Waals surface area contributed by atoms with E-state index in [0.717, 1.165) is 24.2 Å². The number of carboxylic acid groups (broad SMARTS) is 1. The van der Waals surface area contributed by atoms with Crippen LogP contribution in [0.3, 0.4) is 0 Å². The van der Waals surface area contributed by atoms with E-state index in [1.165, 1.54) is 6.07 Å². The fraction of sp³-hybridized carbons (Fsp3) is 0.320. The molecule has 1 fully saturated rings. The number of hydrogen-bond acceptors (Lipinski definition) is 7. The van der Waals surface area contributed by atoms with Gasteiger partial charge in [0, 0.05) is 54.7 Å². The number of pyridine rings is 1. The van der Waals surface area contributed by atoms with Gasteiger partial charge in [-0.15, -0.1) is 5.10 Å². The first-order valence-corrected chi connectivity index (χ1v) is 11.8. The van der Waals surface area contributed by atoms with Crippen molar-refractivity contribution in [2.24, 2.45) is 0 Å². The van der Waals surface area contributed by atoms with Crippen molar-refractivity contribution in [2.75, 3.05) is 23.3 Å². The topological polar surface area (TPSA) is 125 Å². The molecule has 1 amide bonds. The number of hydrogen-bond donors (Lipinski definition) is 3. The van der Waals surface area contributed by atoms with E-state index < -0.39 is 18.0 Å². The first-order chi connectivity index (χ1) is 18.3. The Morgan fingerprint density at radius 1 is 1.13 bits per heavy atom. The molecule has 0 bridgehead atoms. The average Bonchev–Trinajstić information content (AvgIpc) is 3.23. The molecule has 39 heavy (non-hydrogen) atoms. The Morgan fingerprint density at radius 3 is 2.44 bits per heavy atom. The van der Waals surface area contributed by atoms with Crippen molar-refractivity contribution in [3.8, 4) is 0 Å². The van der Waals surface area contributed by atoms with E-state index in [9.17, 15) is 22.4 Å². The molecule has 3 aromatic heterocycles. The minimum Gasteiger partial charge on any atom is -0.475 e. The largest absolute Gasteiger partial charge is 0.490 e. The molecule has 2 unspecified atom stereocenters. The SMILES string of the molecule is Cc1cn2cc(NC(=O)c3ccc(N4CC(C)NC(C)C4)c4ccnnc34)cc(F)c2n1.O=C(O)C(F)(F)F. The Balaban J connectivity index is 0.000000448. The molecular weight excluding hydrogens is 522 g/mol. The smallest absolute Gasteiger partial charge is 0.475 e. The van der Waals surface area contributed by atoms with Gasteiger partial charge in [-0.25, -0.2) is 14.2 Å². The number of halogens is 4. The van der Waals surface area contributed by atoms with Crippen LogP contribution in [0.25, 0.3) is 16.6 Å². The average molecular weight is 548 g/mol. The first-order valence-electron chi connectivity index (χ1n) is 11.8. The van der Waals surface area contributed by atoms with Crippen LogP contribution < -0.4 is 15.5 Å². The van der Waals surface area contributed by atoms with Crippen molar-refractivity contribution in [1.29, 1.82) is 0 Å². The number of nitrogens with zero attached hydrogens (tertiary/aromatic N) is 5. The van der Waals surface area contributed by atoms with Gasteiger partial charge < -0.3 is 25.0 Å². The molecular formula is C25H25F4N7O3. The van der Waals surface area contributed by atoms with Gasteiger partial charge in [0.1, 0.15) is 5.52 Å². The number of nitrogens with one attached hydrogen (secondary N) is 2. The highest BCUT2D eigenvalue weighted by Gasteiger charge is 2.38. The summed E-state index contributed by atoms with van der Waals surface area (Å²) in [6, 6.07) is 7.56. The number of carbonyl (C=O) groups is 2. The lowest BCUT2D eigenvalue weighted by molar-refractivity contribution is -0.192. The summed E-state index contributed by atoms with van der Waals surface area (Å²) in [4.78, 5) is 28.5. The Morgan fingerprint density at radius 2 is 1.79 bits per heavy atom. The minimum absolute atomic E-state index is 0.223. The van der Waals surface area contributed by atoms with Gasteiger partial charge in [-0.05, 0) is 39.0 Å². The maximum Gasteiger partial charge on any atom is 0.490 e. The fourth-order valence-electron chi connectivity index (χ4n) is 4.50. The number of aryl methyl sites for hydroxylation is 1. The summed E-state index contributed by atoms with van der Waals surface area (Å²) in [6.45, 7) is 7.82. The standard InChI is InChI=1S/C23H24FN7O.C2HF3O2/c1-13-9-30(10-14(2)26-13)20-5-4-18(21-17(20)6-7-25-29-21)23(32)28-16-8-19(24)22-27-15(3)11-31(22)12-16;3-2(4,5)1(6)7/h4-8,11-14,26H,9-10H2,1-3H3,(H,28,32);(H,6,7). The molecule has 0 aliphatic carbocycles. The molecule has 0 saturated carbocycles.